The summed E-state index contributed by atoms with van der Waals surface area (Å²) in [5.41, 5.74) is -0.660. The van der Waals surface area contributed by atoms with E-state index in [4.69, 9.17) is 9.47 Å². The first-order valence-electron chi connectivity index (χ1n) is 31.1. The van der Waals surface area contributed by atoms with Crippen molar-refractivity contribution in [1.82, 2.24) is 29.9 Å². The minimum atomic E-state index is -5.42. The number of phenolic OH excluding ortho intramolecular Hbond substituents is 2. The summed E-state index contributed by atoms with van der Waals surface area (Å²) in [5.74, 6) is -8.15. The molecule has 38 nitrogen and oxygen atoms in total. The third-order valence-electron chi connectivity index (χ3n) is 15.9. The second-order valence-electron chi connectivity index (χ2n) is 23.5. The first-order chi connectivity index (χ1) is 52.0. The zero-order chi connectivity index (χ0) is 79.1. The average Bonchev–Trinajstić information content (AvgIpc) is 0.749. The van der Waals surface area contributed by atoms with Crippen LogP contribution in [-0.2, 0) is 40.5 Å². The molecular formula is C68H54N16Na6O22S4. The number of hydrogen-bond donors (Lipinski definition) is 16. The van der Waals surface area contributed by atoms with Crippen molar-refractivity contribution in [2.75, 3.05) is 46.1 Å². The Bertz CT molecular complexity index is 6050. The molecule has 0 aliphatic rings. The van der Waals surface area contributed by atoms with Crippen LogP contribution in [0.1, 0.15) is 31.8 Å². The average molecular weight is 1710 g/mol. The number of carboxylic acid groups (broad SMARTS) is 2. The van der Waals surface area contributed by atoms with E-state index >= 15 is 0 Å². The van der Waals surface area contributed by atoms with Gasteiger partial charge in [-0.15, -0.1) is 20.5 Å². The predicted octanol–water partition coefficient (Wildman–Crippen LogP) is 10.9. The van der Waals surface area contributed by atoms with Crippen LogP contribution in [-0.4, -0.2) is 316 Å². The number of anilines is 12. The Labute approximate surface area is 790 Å². The number of fused-ring (bicyclic) bond motifs is 2. The summed E-state index contributed by atoms with van der Waals surface area (Å²) in [5, 5.41) is 95.8. The molecule has 0 bridgehead atoms. The summed E-state index contributed by atoms with van der Waals surface area (Å²) < 4.78 is 157. The van der Waals surface area contributed by atoms with E-state index in [2.05, 4.69) is 82.3 Å². The van der Waals surface area contributed by atoms with Crippen molar-refractivity contribution in [2.45, 2.75) is 33.4 Å². The molecule has 0 unspecified atom stereocenters. The van der Waals surface area contributed by atoms with Gasteiger partial charge in [0.15, 0.2) is 11.5 Å². The maximum Gasteiger partial charge on any atom is 0.339 e. The van der Waals surface area contributed by atoms with Crippen LogP contribution in [0.4, 0.5) is 92.6 Å². The molecule has 10 aromatic carbocycles. The van der Waals surface area contributed by atoms with Gasteiger partial charge in [0.1, 0.15) is 66.7 Å². The Balaban J connectivity index is 0.00000349. The van der Waals surface area contributed by atoms with Gasteiger partial charge in [0.05, 0.1) is 35.4 Å². The third kappa shape index (κ3) is 22.9. The molecule has 0 saturated heterocycles. The molecule has 12 aromatic rings. The molecule has 0 aliphatic heterocycles. The van der Waals surface area contributed by atoms with Crippen LogP contribution in [0, 0.1) is 13.8 Å². The number of aromatic carboxylic acids is 2. The molecule has 6 radical (unpaired) electrons. The summed E-state index contributed by atoms with van der Waals surface area (Å²) in [6.45, 7) is 3.61. The Morgan fingerprint density at radius 3 is 0.983 bits per heavy atom. The fraction of sp³-hybridized carbons (Fsp3) is 0.0588. The Morgan fingerprint density at radius 2 is 0.690 bits per heavy atom. The van der Waals surface area contributed by atoms with Crippen LogP contribution >= 0.6 is 0 Å². The van der Waals surface area contributed by atoms with E-state index in [1.807, 2.05) is 0 Å². The van der Waals surface area contributed by atoms with Gasteiger partial charge < -0.3 is 72.0 Å². The van der Waals surface area contributed by atoms with Crippen LogP contribution in [0.25, 0.3) is 32.7 Å². The van der Waals surface area contributed by atoms with Crippen molar-refractivity contribution in [1.29, 1.82) is 0 Å². The number of benzene rings is 10. The molecule has 0 fully saturated rings. The number of carbonyl (C=O) groups is 2. The van der Waals surface area contributed by atoms with Crippen molar-refractivity contribution < 1.29 is 102 Å². The SMILES string of the molecule is COc1cc(-c2ccc(N=Nc3c(S(=O)(=O)O)cc4cc(S(=O)(=O)O)cc(Nc5nc(Nc6cccc(C)c6)nc(Nc6ccc(O)c(C(=O)O)c6)n5)c4c3O)c(OC)c2)ccc1N=Nc1c(S(=O)(=O)O)cc2cc(S(=O)(=O)O)cc(Nc3nc(Nc4cccc(C)c4)nc(Nc4ccc(O)c(C(=O)O)c4)n3)c2c1O.[Na].[Na].[Na].[Na].[Na].[Na]. The van der Waals surface area contributed by atoms with Crippen molar-refractivity contribution in [3.8, 4) is 45.6 Å². The Kier molecular flexibility index (Phi) is 33.3. The quantitative estimate of drug-likeness (QED) is 0.0109. The molecule has 16 N–H and O–H groups in total. The number of nitrogens with one attached hydrogen (secondary N) is 6. The van der Waals surface area contributed by atoms with Crippen molar-refractivity contribution in [3.63, 3.8) is 0 Å². The molecule has 0 saturated carbocycles. The fourth-order valence-electron chi connectivity index (χ4n) is 10.9. The van der Waals surface area contributed by atoms with Gasteiger partial charge >= 0.3 is 11.9 Å². The number of phenols is 4. The van der Waals surface area contributed by atoms with Crippen LogP contribution in [0.2, 0.25) is 0 Å². The van der Waals surface area contributed by atoms with Gasteiger partial charge in [0, 0.05) is 211 Å². The molecular weight excluding hydrogens is 1660 g/mol. The number of hydrogen-bond acceptors (Lipinski definition) is 32. The van der Waals surface area contributed by atoms with Crippen LogP contribution in [0.5, 0.6) is 34.5 Å². The monoisotopic (exact) mass is 1710 g/mol. The minimum absolute atomic E-state index is 0. The van der Waals surface area contributed by atoms with E-state index in [0.717, 1.165) is 71.8 Å². The number of nitrogens with zero attached hydrogens (tertiary/aromatic N) is 10. The Morgan fingerprint density at radius 1 is 0.371 bits per heavy atom. The van der Waals surface area contributed by atoms with Gasteiger partial charge in [-0.05, 0) is 168 Å². The molecule has 2 aromatic heterocycles. The summed E-state index contributed by atoms with van der Waals surface area (Å²) in [7, 11) is -18.7. The maximum absolute atomic E-state index is 13.2. The predicted molar refractivity (Wildman–Crippen MR) is 430 cm³/mol. The van der Waals surface area contributed by atoms with E-state index in [9.17, 15) is 92.1 Å². The molecule has 0 amide bonds. The van der Waals surface area contributed by atoms with Gasteiger partial charge in [-0.2, -0.15) is 63.6 Å². The molecule has 0 atom stereocenters. The van der Waals surface area contributed by atoms with Crippen molar-refractivity contribution in [3.05, 3.63) is 180 Å². The first-order valence-corrected chi connectivity index (χ1v) is 36.9. The molecule has 48 heteroatoms. The summed E-state index contributed by atoms with van der Waals surface area (Å²) in [4.78, 5) is 46.0. The normalized spacial score (nSPS) is 11.3. The van der Waals surface area contributed by atoms with E-state index in [-0.39, 0.29) is 235 Å². The number of rotatable bonds is 25. The first kappa shape index (κ1) is 97.0. The number of methoxy groups -OCH3 is 2. The van der Waals surface area contributed by atoms with Gasteiger partial charge in [-0.25, -0.2) is 9.59 Å². The summed E-state index contributed by atoms with van der Waals surface area (Å²) >= 11 is 0. The topological polar surface area (TPSA) is 590 Å². The zero-order valence-electron chi connectivity index (χ0n) is 62.5. The van der Waals surface area contributed by atoms with Gasteiger partial charge in [0.25, 0.3) is 40.5 Å². The second-order valence-corrected chi connectivity index (χ2v) is 29.2. The minimum Gasteiger partial charge on any atom is -0.507 e. The van der Waals surface area contributed by atoms with E-state index in [1.54, 1.807) is 62.4 Å². The van der Waals surface area contributed by atoms with E-state index in [0.29, 0.717) is 22.5 Å². The van der Waals surface area contributed by atoms with Gasteiger partial charge in [-0.3, -0.25) is 18.2 Å². The molecule has 0 spiro atoms. The number of aromatic hydroxyl groups is 4. The van der Waals surface area contributed by atoms with Crippen LogP contribution in [0.3, 0.4) is 0 Å². The summed E-state index contributed by atoms with van der Waals surface area (Å²) in [6, 6.07) is 33.8. The zero-order valence-corrected chi connectivity index (χ0v) is 77.8. The van der Waals surface area contributed by atoms with Crippen LogP contribution < -0.4 is 41.4 Å². The van der Waals surface area contributed by atoms with Crippen LogP contribution in [0.15, 0.2) is 198 Å². The number of azo groups is 2. The molecule has 12 rings (SSSR count). The number of ether oxygens (including phenoxy) is 2. The van der Waals surface area contributed by atoms with E-state index in [1.165, 1.54) is 62.8 Å². The fourth-order valence-corrected chi connectivity index (χ4v) is 13.3. The number of aromatic nitrogens is 6. The number of carboxylic acids is 2. The molecule has 568 valence electrons. The molecule has 116 heavy (non-hydrogen) atoms. The maximum atomic E-state index is 13.2. The van der Waals surface area contributed by atoms with Gasteiger partial charge in [-0.1, -0.05) is 36.4 Å². The molecule has 2 heterocycles. The van der Waals surface area contributed by atoms with Crippen molar-refractivity contribution in [2.24, 2.45) is 20.5 Å². The summed E-state index contributed by atoms with van der Waals surface area (Å²) in [6.07, 6.45) is 0. The smallest absolute Gasteiger partial charge is 0.339 e. The molecule has 0 aliphatic carbocycles. The largest absolute Gasteiger partial charge is 0.507 e. The van der Waals surface area contributed by atoms with Gasteiger partial charge in [0.2, 0.25) is 35.7 Å². The third-order valence-corrected chi connectivity index (χ3v) is 19.3. The van der Waals surface area contributed by atoms with E-state index < -0.39 is 162 Å². The van der Waals surface area contributed by atoms with Crippen molar-refractivity contribution >= 4 is 344 Å². The number of aryl methyl sites for hydroxylation is 2. The second kappa shape index (κ2) is 39.8. The standard InChI is InChI=1S/C68H54N16O22S4.6Na/c1-31-7-5-9-37(19-31)69-63-75-65(71-39-13-17-49(85)43(27-39)61(89)90)79-67(77-63)73-47-29-41(107(93,94)95)21-35-25-53(109(99,100)101)57(59(87)55(35)47)83-81-45-15-11-33(23-51(45)105-3)34-12-16-46(52(24-34)106-4)82-84-58-54(110(102,103)104)26-36-22-42(108(96,97)98)30-48(56(36)60(58)88)74-68-78-64(70-38-10-6-8-32(2)20-38)76-66(80-68)72-40-14-18-50(86)44(28-40)62(91)92;;;;;;/h5-30,85-88H,1-4H3,(H,89,90)(H,91,92)(H,93,94,95)(H,96,97,98)(H,99,100,101)(H,102,103,104)(H3,69,71,73,75,77,79)(H3,70,72,74,76,78,80);;;;;;. The Hall–Kier alpha value is -7.88.